The molecule has 2 aromatic heterocycles. The van der Waals surface area contributed by atoms with Crippen molar-refractivity contribution in [2.24, 2.45) is 0 Å². The van der Waals surface area contributed by atoms with Gasteiger partial charge < -0.3 is 23.7 Å². The van der Waals surface area contributed by atoms with Crippen molar-refractivity contribution in [2.75, 3.05) is 20.3 Å². The molecule has 202 valence electrons. The standard InChI is InChI=1S/C30H37N3O5/c1-22-28(20-32(19-27-12-9-17-36-27)18-24(34)21-37-30(2,3)4)29(33(31-22)23-10-7-6-8-11-23)38-26-15-13-25(35-5)14-16-26/h6-17,24,34H,18-21H2,1-5H3/t24-/m1/s1. The molecule has 4 rings (SSSR count). The lowest BCUT2D eigenvalue weighted by Gasteiger charge is -2.27. The third-order valence-corrected chi connectivity index (χ3v) is 5.93. The van der Waals surface area contributed by atoms with Gasteiger partial charge in [-0.25, -0.2) is 4.68 Å². The summed E-state index contributed by atoms with van der Waals surface area (Å²) in [5, 5.41) is 15.7. The van der Waals surface area contributed by atoms with E-state index in [2.05, 4.69) is 4.90 Å². The number of benzene rings is 2. The molecule has 1 N–H and O–H groups in total. The van der Waals surface area contributed by atoms with Crippen LogP contribution >= 0.6 is 0 Å². The van der Waals surface area contributed by atoms with Gasteiger partial charge in [0.05, 0.1) is 55.2 Å². The lowest BCUT2D eigenvalue weighted by molar-refractivity contribution is -0.0576. The number of aryl methyl sites for hydroxylation is 1. The molecule has 4 aromatic rings. The SMILES string of the molecule is COc1ccc(Oc2c(CN(Cc3ccco3)C[C@@H](O)COC(C)(C)C)c(C)nn2-c2ccccc2)cc1. The Kier molecular flexibility index (Phi) is 8.89. The minimum atomic E-state index is -0.681. The zero-order chi connectivity index (χ0) is 27.1. The van der Waals surface area contributed by atoms with E-state index in [9.17, 15) is 5.11 Å². The van der Waals surface area contributed by atoms with E-state index in [0.717, 1.165) is 28.5 Å². The third-order valence-electron chi connectivity index (χ3n) is 5.93. The highest BCUT2D eigenvalue weighted by Crippen LogP contribution is 2.32. The zero-order valence-corrected chi connectivity index (χ0v) is 22.8. The number of furan rings is 1. The molecule has 0 unspecified atom stereocenters. The number of hydrogen-bond donors (Lipinski definition) is 1. The van der Waals surface area contributed by atoms with E-state index in [4.69, 9.17) is 23.7 Å². The molecule has 38 heavy (non-hydrogen) atoms. The van der Waals surface area contributed by atoms with Gasteiger partial charge in [-0.2, -0.15) is 5.10 Å². The summed E-state index contributed by atoms with van der Waals surface area (Å²) >= 11 is 0. The first kappa shape index (κ1) is 27.4. The van der Waals surface area contributed by atoms with Crippen molar-refractivity contribution in [1.82, 2.24) is 14.7 Å². The number of para-hydroxylation sites is 1. The van der Waals surface area contributed by atoms with Gasteiger partial charge in [-0.1, -0.05) is 18.2 Å². The Hall–Kier alpha value is -3.59. The van der Waals surface area contributed by atoms with E-state index in [0.29, 0.717) is 31.3 Å². The number of nitrogens with zero attached hydrogens (tertiary/aromatic N) is 3. The summed E-state index contributed by atoms with van der Waals surface area (Å²) in [6.07, 6.45) is 0.975. The number of hydrogen-bond acceptors (Lipinski definition) is 7. The minimum Gasteiger partial charge on any atom is -0.497 e. The lowest BCUT2D eigenvalue weighted by atomic mass is 10.2. The van der Waals surface area contributed by atoms with Gasteiger partial charge in [0, 0.05) is 13.1 Å². The quantitative estimate of drug-likeness (QED) is 0.255. The maximum Gasteiger partial charge on any atom is 0.227 e. The Morgan fingerprint density at radius 3 is 2.32 bits per heavy atom. The Morgan fingerprint density at radius 2 is 1.68 bits per heavy atom. The molecule has 0 amide bonds. The van der Waals surface area contributed by atoms with Gasteiger partial charge in [-0.15, -0.1) is 0 Å². The molecule has 0 fully saturated rings. The highest BCUT2D eigenvalue weighted by atomic mass is 16.5. The molecule has 0 aliphatic heterocycles. The van der Waals surface area contributed by atoms with E-state index in [1.54, 1.807) is 13.4 Å². The molecule has 0 saturated carbocycles. The van der Waals surface area contributed by atoms with Crippen molar-refractivity contribution in [3.8, 4) is 23.1 Å². The van der Waals surface area contributed by atoms with Crippen LogP contribution < -0.4 is 9.47 Å². The van der Waals surface area contributed by atoms with Crippen LogP contribution in [0.2, 0.25) is 0 Å². The second-order valence-corrected chi connectivity index (χ2v) is 10.2. The Balaban J connectivity index is 1.66. The molecule has 2 aromatic carbocycles. The monoisotopic (exact) mass is 519 g/mol. The van der Waals surface area contributed by atoms with Gasteiger partial charge in [0.1, 0.15) is 17.3 Å². The van der Waals surface area contributed by atoms with Gasteiger partial charge in [0.15, 0.2) is 0 Å². The number of aliphatic hydroxyl groups excluding tert-OH is 1. The van der Waals surface area contributed by atoms with Gasteiger partial charge in [0.25, 0.3) is 0 Å². The number of ether oxygens (including phenoxy) is 3. The molecule has 0 saturated heterocycles. The summed E-state index contributed by atoms with van der Waals surface area (Å²) in [4.78, 5) is 2.12. The summed E-state index contributed by atoms with van der Waals surface area (Å²) in [7, 11) is 1.64. The van der Waals surface area contributed by atoms with E-state index in [1.165, 1.54) is 0 Å². The normalized spacial score (nSPS) is 12.6. The van der Waals surface area contributed by atoms with E-state index >= 15 is 0 Å². The molecule has 0 bridgehead atoms. The number of methoxy groups -OCH3 is 1. The van der Waals surface area contributed by atoms with Gasteiger partial charge in [-0.3, -0.25) is 4.90 Å². The van der Waals surface area contributed by atoms with Crippen LogP contribution in [-0.4, -0.2) is 51.8 Å². The summed E-state index contributed by atoms with van der Waals surface area (Å²) in [6.45, 7) is 9.51. The second kappa shape index (κ2) is 12.3. The van der Waals surface area contributed by atoms with E-state index in [-0.39, 0.29) is 12.2 Å². The molecule has 1 atom stereocenters. The highest BCUT2D eigenvalue weighted by Gasteiger charge is 2.24. The summed E-state index contributed by atoms with van der Waals surface area (Å²) in [6, 6.07) is 21.1. The molecule has 0 aliphatic rings. The van der Waals surface area contributed by atoms with Crippen LogP contribution in [0.4, 0.5) is 0 Å². The van der Waals surface area contributed by atoms with Crippen molar-refractivity contribution in [2.45, 2.75) is 52.5 Å². The van der Waals surface area contributed by atoms with Crippen LogP contribution in [-0.2, 0) is 17.8 Å². The van der Waals surface area contributed by atoms with Crippen molar-refractivity contribution in [1.29, 1.82) is 0 Å². The molecule has 2 heterocycles. The first-order valence-corrected chi connectivity index (χ1v) is 12.7. The summed E-state index contributed by atoms with van der Waals surface area (Å²) in [5.41, 5.74) is 2.31. The predicted octanol–water partition coefficient (Wildman–Crippen LogP) is 5.75. The fourth-order valence-electron chi connectivity index (χ4n) is 4.05. The molecular formula is C30H37N3O5. The third kappa shape index (κ3) is 7.47. The van der Waals surface area contributed by atoms with Crippen LogP contribution in [0, 0.1) is 6.92 Å². The summed E-state index contributed by atoms with van der Waals surface area (Å²) in [5.74, 6) is 2.84. The van der Waals surface area contributed by atoms with Crippen molar-refractivity contribution < 1.29 is 23.7 Å². The molecule has 0 spiro atoms. The second-order valence-electron chi connectivity index (χ2n) is 10.2. The molecule has 8 nitrogen and oxygen atoms in total. The maximum absolute atomic E-state index is 10.8. The first-order chi connectivity index (χ1) is 18.2. The fraction of sp³-hybridized carbons (Fsp3) is 0.367. The molecule has 0 aliphatic carbocycles. The first-order valence-electron chi connectivity index (χ1n) is 12.7. The fourth-order valence-corrected chi connectivity index (χ4v) is 4.05. The average Bonchev–Trinajstić information content (AvgIpc) is 3.51. The number of aromatic nitrogens is 2. The van der Waals surface area contributed by atoms with E-state index in [1.807, 2.05) is 99.1 Å². The van der Waals surface area contributed by atoms with Gasteiger partial charge in [-0.05, 0) is 76.2 Å². The van der Waals surface area contributed by atoms with Crippen LogP contribution in [0.1, 0.15) is 37.8 Å². The molecular weight excluding hydrogens is 482 g/mol. The Bertz CT molecular complexity index is 1260. The Morgan fingerprint density at radius 1 is 0.974 bits per heavy atom. The lowest BCUT2D eigenvalue weighted by Crippen LogP contribution is -2.36. The molecule has 8 heteroatoms. The molecule has 0 radical (unpaired) electrons. The maximum atomic E-state index is 10.8. The number of rotatable bonds is 12. The highest BCUT2D eigenvalue weighted by molar-refractivity contribution is 5.44. The van der Waals surface area contributed by atoms with Crippen molar-refractivity contribution in [3.63, 3.8) is 0 Å². The van der Waals surface area contributed by atoms with Crippen LogP contribution in [0.15, 0.2) is 77.4 Å². The van der Waals surface area contributed by atoms with E-state index < -0.39 is 6.10 Å². The van der Waals surface area contributed by atoms with Crippen LogP contribution in [0.3, 0.4) is 0 Å². The van der Waals surface area contributed by atoms with Crippen molar-refractivity contribution >= 4 is 0 Å². The van der Waals surface area contributed by atoms with Gasteiger partial charge >= 0.3 is 0 Å². The Labute approximate surface area is 224 Å². The largest absolute Gasteiger partial charge is 0.497 e. The van der Waals surface area contributed by atoms with Crippen LogP contribution in [0.5, 0.6) is 17.4 Å². The van der Waals surface area contributed by atoms with Crippen molar-refractivity contribution in [3.05, 3.63) is 90.0 Å². The zero-order valence-electron chi connectivity index (χ0n) is 22.8. The van der Waals surface area contributed by atoms with Crippen LogP contribution in [0.25, 0.3) is 5.69 Å². The topological polar surface area (TPSA) is 82.1 Å². The average molecular weight is 520 g/mol. The minimum absolute atomic E-state index is 0.232. The smallest absolute Gasteiger partial charge is 0.227 e. The predicted molar refractivity (Wildman–Crippen MR) is 146 cm³/mol. The summed E-state index contributed by atoms with van der Waals surface area (Å²) < 4.78 is 25.0. The number of aliphatic hydroxyl groups is 1. The van der Waals surface area contributed by atoms with Gasteiger partial charge in [0.2, 0.25) is 5.88 Å².